The molecular weight excluding hydrogens is 571 g/mol. The minimum atomic E-state index is -0.219. The number of thiazole rings is 1. The first-order valence-electron chi connectivity index (χ1n) is 14.2. The number of carbonyl (C=O) groups excluding carboxylic acids is 3. The van der Waals surface area contributed by atoms with Crippen LogP contribution in [0.4, 0.5) is 5.13 Å². The molecule has 1 atom stereocenters. The van der Waals surface area contributed by atoms with Gasteiger partial charge in [0.2, 0.25) is 5.91 Å². The van der Waals surface area contributed by atoms with Crippen LogP contribution in [0.2, 0.25) is 0 Å². The summed E-state index contributed by atoms with van der Waals surface area (Å²) in [6, 6.07) is 15.1. The first-order valence-corrected chi connectivity index (χ1v) is 16.0. The molecule has 3 amide bonds. The van der Waals surface area contributed by atoms with Gasteiger partial charge in [0.15, 0.2) is 5.13 Å². The Morgan fingerprint density at radius 1 is 1.00 bits per heavy atom. The van der Waals surface area contributed by atoms with Gasteiger partial charge >= 0.3 is 0 Å². The fourth-order valence-electron chi connectivity index (χ4n) is 4.74. The van der Waals surface area contributed by atoms with E-state index < -0.39 is 0 Å². The third-order valence-electron chi connectivity index (χ3n) is 7.06. The third-order valence-corrected chi connectivity index (χ3v) is 9.24. The lowest BCUT2D eigenvalue weighted by atomic mass is 10.0. The maximum atomic E-state index is 13.0. The molecule has 1 aliphatic rings. The SMILES string of the molecule is CC(=O)N1CCN(C(=O)c2cccc(CSc3cnc(NC(=O)c4ccc(CN[C@@H](CO)CC(C)C)cc4)s3)c2)CC1. The Balaban J connectivity index is 1.25. The molecule has 224 valence electrons. The van der Waals surface area contributed by atoms with Gasteiger partial charge in [0, 0.05) is 62.6 Å². The topological polar surface area (TPSA) is 115 Å². The highest BCUT2D eigenvalue weighted by atomic mass is 32.2. The van der Waals surface area contributed by atoms with E-state index in [2.05, 4.69) is 29.5 Å². The average Bonchev–Trinajstić information content (AvgIpc) is 3.45. The second-order valence-electron chi connectivity index (χ2n) is 10.8. The Bertz CT molecular complexity index is 1350. The van der Waals surface area contributed by atoms with Crippen molar-refractivity contribution >= 4 is 46.0 Å². The molecule has 9 nitrogen and oxygen atoms in total. The minimum Gasteiger partial charge on any atom is -0.395 e. The number of aromatic nitrogens is 1. The van der Waals surface area contributed by atoms with Gasteiger partial charge in [-0.1, -0.05) is 49.4 Å². The number of hydrogen-bond acceptors (Lipinski definition) is 8. The number of aliphatic hydroxyl groups excluding tert-OH is 1. The summed E-state index contributed by atoms with van der Waals surface area (Å²) in [5, 5.41) is 16.3. The van der Waals surface area contributed by atoms with Gasteiger partial charge in [-0.2, -0.15) is 0 Å². The number of rotatable bonds is 12. The molecule has 0 aliphatic carbocycles. The van der Waals surface area contributed by atoms with E-state index in [1.807, 2.05) is 36.4 Å². The summed E-state index contributed by atoms with van der Waals surface area (Å²) in [6.45, 7) is 8.75. The Morgan fingerprint density at radius 2 is 1.71 bits per heavy atom. The van der Waals surface area contributed by atoms with Crippen LogP contribution in [0, 0.1) is 5.92 Å². The van der Waals surface area contributed by atoms with E-state index in [-0.39, 0.29) is 30.4 Å². The molecule has 1 saturated heterocycles. The molecular formula is C31H39N5O4S2. The van der Waals surface area contributed by atoms with Crippen molar-refractivity contribution in [3.05, 3.63) is 77.0 Å². The van der Waals surface area contributed by atoms with E-state index in [1.54, 1.807) is 46.8 Å². The number of amides is 3. The Labute approximate surface area is 255 Å². The molecule has 0 spiro atoms. The van der Waals surface area contributed by atoms with Crippen molar-refractivity contribution in [1.82, 2.24) is 20.1 Å². The minimum absolute atomic E-state index is 0.0161. The fraction of sp³-hybridized carbons (Fsp3) is 0.419. The molecule has 0 radical (unpaired) electrons. The standard InChI is InChI=1S/C31H39N5O4S2/c1-21(2)15-27(19-37)32-17-23-7-9-25(10-8-23)29(39)34-31-33-18-28(42-31)41-20-24-5-4-6-26(16-24)30(40)36-13-11-35(12-14-36)22(3)38/h4-10,16,18,21,27,32,37H,11-15,17,19-20H2,1-3H3,(H,33,34,39)/t27-/m1/s1. The van der Waals surface area contributed by atoms with Crippen LogP contribution in [0.15, 0.2) is 58.9 Å². The number of piperazine rings is 1. The fourth-order valence-corrected chi connectivity index (χ4v) is 6.55. The van der Waals surface area contributed by atoms with Crippen LogP contribution in [0.1, 0.15) is 59.0 Å². The van der Waals surface area contributed by atoms with Crippen LogP contribution in [-0.2, 0) is 17.1 Å². The molecule has 0 saturated carbocycles. The van der Waals surface area contributed by atoms with Crippen LogP contribution in [0.3, 0.4) is 0 Å². The molecule has 42 heavy (non-hydrogen) atoms. The van der Waals surface area contributed by atoms with Crippen molar-refractivity contribution < 1.29 is 19.5 Å². The summed E-state index contributed by atoms with van der Waals surface area (Å²) in [5.41, 5.74) is 3.26. The molecule has 4 rings (SSSR count). The van der Waals surface area contributed by atoms with E-state index in [1.165, 1.54) is 11.3 Å². The van der Waals surface area contributed by atoms with E-state index >= 15 is 0 Å². The monoisotopic (exact) mass is 609 g/mol. The number of anilines is 1. The number of aliphatic hydroxyl groups is 1. The number of benzene rings is 2. The number of carbonyl (C=O) groups is 3. The van der Waals surface area contributed by atoms with Crippen molar-refractivity contribution in [2.75, 3.05) is 38.1 Å². The Hall–Kier alpha value is -3.25. The summed E-state index contributed by atoms with van der Waals surface area (Å²) in [7, 11) is 0. The van der Waals surface area contributed by atoms with Crippen molar-refractivity contribution in [3.63, 3.8) is 0 Å². The van der Waals surface area contributed by atoms with Gasteiger partial charge in [0.1, 0.15) is 0 Å². The maximum absolute atomic E-state index is 13.0. The molecule has 1 fully saturated rings. The van der Waals surface area contributed by atoms with Crippen LogP contribution >= 0.6 is 23.1 Å². The lowest BCUT2D eigenvalue weighted by Crippen LogP contribution is -2.50. The zero-order valence-corrected chi connectivity index (χ0v) is 26.0. The zero-order chi connectivity index (χ0) is 30.1. The predicted octanol–water partition coefficient (Wildman–Crippen LogP) is 4.49. The highest BCUT2D eigenvalue weighted by Gasteiger charge is 2.23. The van der Waals surface area contributed by atoms with E-state index in [0.717, 1.165) is 21.8 Å². The van der Waals surface area contributed by atoms with Crippen LogP contribution in [0.5, 0.6) is 0 Å². The molecule has 0 bridgehead atoms. The third kappa shape index (κ3) is 9.12. The molecule has 2 heterocycles. The lowest BCUT2D eigenvalue weighted by Gasteiger charge is -2.34. The highest BCUT2D eigenvalue weighted by molar-refractivity contribution is 8.00. The summed E-state index contributed by atoms with van der Waals surface area (Å²) < 4.78 is 0.962. The van der Waals surface area contributed by atoms with Crippen molar-refractivity contribution in [3.8, 4) is 0 Å². The van der Waals surface area contributed by atoms with Gasteiger partial charge in [0.25, 0.3) is 11.8 Å². The molecule has 1 aliphatic heterocycles. The van der Waals surface area contributed by atoms with Gasteiger partial charge in [-0.3, -0.25) is 19.7 Å². The van der Waals surface area contributed by atoms with Gasteiger partial charge in [-0.15, -0.1) is 11.8 Å². The molecule has 11 heteroatoms. The smallest absolute Gasteiger partial charge is 0.257 e. The van der Waals surface area contributed by atoms with Crippen LogP contribution in [-0.4, -0.2) is 76.4 Å². The molecule has 3 N–H and O–H groups in total. The van der Waals surface area contributed by atoms with Crippen LogP contribution < -0.4 is 10.6 Å². The summed E-state index contributed by atoms with van der Waals surface area (Å²) in [6.07, 6.45) is 2.65. The first-order chi connectivity index (χ1) is 20.2. The van der Waals surface area contributed by atoms with Gasteiger partial charge < -0.3 is 20.2 Å². The molecule has 3 aromatic rings. The Kier molecular flexibility index (Phi) is 11.5. The molecule has 1 aromatic heterocycles. The second-order valence-corrected chi connectivity index (χ2v) is 13.1. The average molecular weight is 610 g/mol. The zero-order valence-electron chi connectivity index (χ0n) is 24.3. The Morgan fingerprint density at radius 3 is 2.38 bits per heavy atom. The van der Waals surface area contributed by atoms with E-state index in [4.69, 9.17) is 0 Å². The van der Waals surface area contributed by atoms with Gasteiger partial charge in [0.05, 0.1) is 17.0 Å². The lowest BCUT2D eigenvalue weighted by molar-refractivity contribution is -0.130. The van der Waals surface area contributed by atoms with Crippen molar-refractivity contribution in [2.45, 2.75) is 49.7 Å². The maximum Gasteiger partial charge on any atom is 0.257 e. The summed E-state index contributed by atoms with van der Waals surface area (Å²) in [4.78, 5) is 45.3. The summed E-state index contributed by atoms with van der Waals surface area (Å²) in [5.74, 6) is 0.972. The quantitative estimate of drug-likeness (QED) is 0.259. The van der Waals surface area contributed by atoms with Crippen LogP contribution in [0.25, 0.3) is 0 Å². The van der Waals surface area contributed by atoms with Crippen molar-refractivity contribution in [1.29, 1.82) is 0 Å². The highest BCUT2D eigenvalue weighted by Crippen LogP contribution is 2.31. The van der Waals surface area contributed by atoms with E-state index in [9.17, 15) is 19.5 Å². The normalized spacial score (nSPS) is 14.2. The molecule has 0 unspecified atom stereocenters. The first kappa shape index (κ1) is 31.7. The van der Waals surface area contributed by atoms with Gasteiger partial charge in [-0.05, 0) is 47.7 Å². The predicted molar refractivity (Wildman–Crippen MR) is 168 cm³/mol. The number of hydrogen-bond donors (Lipinski definition) is 3. The number of nitrogens with zero attached hydrogens (tertiary/aromatic N) is 3. The summed E-state index contributed by atoms with van der Waals surface area (Å²) >= 11 is 3.01. The largest absolute Gasteiger partial charge is 0.395 e. The van der Waals surface area contributed by atoms with E-state index in [0.29, 0.717) is 60.7 Å². The second kappa shape index (κ2) is 15.3. The number of thioether (sulfide) groups is 1. The van der Waals surface area contributed by atoms with Crippen molar-refractivity contribution in [2.24, 2.45) is 5.92 Å². The number of nitrogens with one attached hydrogen (secondary N) is 2. The van der Waals surface area contributed by atoms with Gasteiger partial charge in [-0.25, -0.2) is 4.98 Å². The molecule has 2 aromatic carbocycles.